The normalized spacial score (nSPS) is 23.1. The molecule has 0 radical (unpaired) electrons. The van der Waals surface area contributed by atoms with Gasteiger partial charge in [0.15, 0.2) is 0 Å². The van der Waals surface area contributed by atoms with E-state index in [1.54, 1.807) is 12.3 Å². The van der Waals surface area contributed by atoms with Crippen LogP contribution < -0.4 is 10.6 Å². The Bertz CT molecular complexity index is 381. The average Bonchev–Trinajstić information content (AvgIpc) is 2.27. The SMILES string of the molecule is Nc1ccnc(N2CC3(CCOCC3)C2)n1. The Morgan fingerprint density at radius 2 is 2.06 bits per heavy atom. The first-order chi connectivity index (χ1) is 7.77. The molecule has 0 atom stereocenters. The Labute approximate surface area is 94.6 Å². The highest BCUT2D eigenvalue weighted by molar-refractivity contribution is 5.41. The minimum atomic E-state index is 0.451. The summed E-state index contributed by atoms with van der Waals surface area (Å²) in [6.45, 7) is 3.87. The Balaban J connectivity index is 1.68. The number of nitrogens with zero attached hydrogens (tertiary/aromatic N) is 3. The summed E-state index contributed by atoms with van der Waals surface area (Å²) in [4.78, 5) is 10.7. The van der Waals surface area contributed by atoms with Crippen molar-refractivity contribution in [3.63, 3.8) is 0 Å². The van der Waals surface area contributed by atoms with Crippen molar-refractivity contribution in [2.45, 2.75) is 12.8 Å². The molecule has 0 unspecified atom stereocenters. The standard InChI is InChI=1S/C11H16N4O/c12-9-1-4-13-10(14-9)15-7-11(8-15)2-5-16-6-3-11/h1,4H,2-3,5-8H2,(H2,12,13,14). The van der Waals surface area contributed by atoms with Crippen LogP contribution in [0, 0.1) is 5.41 Å². The highest BCUT2D eigenvalue weighted by Gasteiger charge is 2.44. The minimum absolute atomic E-state index is 0.451. The summed E-state index contributed by atoms with van der Waals surface area (Å²) in [5.74, 6) is 1.30. The molecule has 0 saturated carbocycles. The molecule has 2 aliphatic rings. The summed E-state index contributed by atoms with van der Waals surface area (Å²) in [6.07, 6.45) is 4.03. The quantitative estimate of drug-likeness (QED) is 0.753. The second kappa shape index (κ2) is 3.59. The lowest BCUT2D eigenvalue weighted by Gasteiger charge is -2.52. The van der Waals surface area contributed by atoms with Gasteiger partial charge in [-0.05, 0) is 18.9 Å². The number of rotatable bonds is 1. The van der Waals surface area contributed by atoms with Gasteiger partial charge in [0.05, 0.1) is 0 Å². The van der Waals surface area contributed by atoms with E-state index in [0.717, 1.165) is 45.1 Å². The van der Waals surface area contributed by atoms with Gasteiger partial charge in [0.25, 0.3) is 0 Å². The zero-order chi connectivity index (χ0) is 11.0. The van der Waals surface area contributed by atoms with Crippen molar-refractivity contribution in [3.8, 4) is 0 Å². The van der Waals surface area contributed by atoms with Gasteiger partial charge in [-0.2, -0.15) is 4.98 Å². The summed E-state index contributed by atoms with van der Waals surface area (Å²) in [5, 5.41) is 0. The Hall–Kier alpha value is -1.36. The molecule has 1 aromatic heterocycles. The van der Waals surface area contributed by atoms with Crippen LogP contribution in [0.3, 0.4) is 0 Å². The molecular formula is C11H16N4O. The molecule has 3 heterocycles. The predicted molar refractivity (Wildman–Crippen MR) is 61.1 cm³/mol. The van der Waals surface area contributed by atoms with E-state index in [9.17, 15) is 0 Å². The van der Waals surface area contributed by atoms with Crippen molar-refractivity contribution >= 4 is 11.8 Å². The largest absolute Gasteiger partial charge is 0.384 e. The molecule has 3 rings (SSSR count). The van der Waals surface area contributed by atoms with Crippen molar-refractivity contribution in [1.29, 1.82) is 0 Å². The highest BCUT2D eigenvalue weighted by Crippen LogP contribution is 2.40. The van der Waals surface area contributed by atoms with Crippen LogP contribution in [0.25, 0.3) is 0 Å². The fourth-order valence-corrected chi connectivity index (χ4v) is 2.54. The van der Waals surface area contributed by atoms with Crippen LogP contribution in [0.15, 0.2) is 12.3 Å². The number of nitrogens with two attached hydrogens (primary N) is 1. The Morgan fingerprint density at radius 3 is 2.75 bits per heavy atom. The summed E-state index contributed by atoms with van der Waals surface area (Å²) >= 11 is 0. The van der Waals surface area contributed by atoms with Crippen molar-refractivity contribution < 1.29 is 4.74 Å². The topological polar surface area (TPSA) is 64.3 Å². The molecule has 2 N–H and O–H groups in total. The number of nitrogen functional groups attached to an aromatic ring is 1. The van der Waals surface area contributed by atoms with E-state index in [1.165, 1.54) is 0 Å². The predicted octanol–water partition coefficient (Wildman–Crippen LogP) is 0.676. The summed E-state index contributed by atoms with van der Waals surface area (Å²) < 4.78 is 5.39. The zero-order valence-corrected chi connectivity index (χ0v) is 9.22. The molecule has 0 amide bonds. The maximum Gasteiger partial charge on any atom is 0.227 e. The first-order valence-electron chi connectivity index (χ1n) is 5.69. The maximum atomic E-state index is 5.65. The van der Waals surface area contributed by atoms with E-state index >= 15 is 0 Å². The van der Waals surface area contributed by atoms with E-state index in [-0.39, 0.29) is 0 Å². The lowest BCUT2D eigenvalue weighted by Crippen LogP contribution is -2.59. The summed E-state index contributed by atoms with van der Waals surface area (Å²) in [5.41, 5.74) is 6.10. The van der Waals surface area contributed by atoms with E-state index in [0.29, 0.717) is 11.2 Å². The van der Waals surface area contributed by atoms with Gasteiger partial charge >= 0.3 is 0 Å². The number of anilines is 2. The van der Waals surface area contributed by atoms with Gasteiger partial charge < -0.3 is 15.4 Å². The van der Waals surface area contributed by atoms with Gasteiger partial charge in [-0.3, -0.25) is 0 Å². The first-order valence-corrected chi connectivity index (χ1v) is 5.69. The van der Waals surface area contributed by atoms with E-state index in [2.05, 4.69) is 14.9 Å². The second-order valence-corrected chi connectivity index (χ2v) is 4.75. The van der Waals surface area contributed by atoms with Gasteiger partial charge in [-0.1, -0.05) is 0 Å². The number of aromatic nitrogens is 2. The van der Waals surface area contributed by atoms with E-state index in [1.807, 2.05) is 0 Å². The minimum Gasteiger partial charge on any atom is -0.384 e. The highest BCUT2D eigenvalue weighted by atomic mass is 16.5. The molecular weight excluding hydrogens is 204 g/mol. The van der Waals surface area contributed by atoms with Crippen molar-refractivity contribution in [2.75, 3.05) is 36.9 Å². The molecule has 16 heavy (non-hydrogen) atoms. The van der Waals surface area contributed by atoms with Crippen LogP contribution in [0.4, 0.5) is 11.8 Å². The average molecular weight is 220 g/mol. The molecule has 0 aromatic carbocycles. The molecule has 1 aromatic rings. The molecule has 1 spiro atoms. The third-order valence-electron chi connectivity index (χ3n) is 3.55. The number of hydrogen-bond acceptors (Lipinski definition) is 5. The smallest absolute Gasteiger partial charge is 0.227 e. The second-order valence-electron chi connectivity index (χ2n) is 4.75. The van der Waals surface area contributed by atoms with Crippen LogP contribution in [-0.4, -0.2) is 36.3 Å². The van der Waals surface area contributed by atoms with Crippen LogP contribution in [0.2, 0.25) is 0 Å². The van der Waals surface area contributed by atoms with Crippen LogP contribution in [0.5, 0.6) is 0 Å². The van der Waals surface area contributed by atoms with Crippen molar-refractivity contribution in [1.82, 2.24) is 9.97 Å². The van der Waals surface area contributed by atoms with Crippen molar-refractivity contribution in [3.05, 3.63) is 12.3 Å². The van der Waals surface area contributed by atoms with Crippen LogP contribution >= 0.6 is 0 Å². The maximum absolute atomic E-state index is 5.65. The number of ether oxygens (including phenoxy) is 1. The van der Waals surface area contributed by atoms with Gasteiger partial charge in [0.2, 0.25) is 5.95 Å². The van der Waals surface area contributed by atoms with Gasteiger partial charge in [-0.15, -0.1) is 0 Å². The van der Waals surface area contributed by atoms with Crippen molar-refractivity contribution in [2.24, 2.45) is 5.41 Å². The fraction of sp³-hybridized carbons (Fsp3) is 0.636. The summed E-state index contributed by atoms with van der Waals surface area (Å²) in [6, 6.07) is 1.72. The van der Waals surface area contributed by atoms with Crippen LogP contribution in [-0.2, 0) is 4.74 Å². The zero-order valence-electron chi connectivity index (χ0n) is 9.22. The monoisotopic (exact) mass is 220 g/mol. The molecule has 86 valence electrons. The first kappa shape index (κ1) is 9.84. The molecule has 5 nitrogen and oxygen atoms in total. The van der Waals surface area contributed by atoms with Gasteiger partial charge in [0, 0.05) is 37.9 Å². The van der Waals surface area contributed by atoms with Gasteiger partial charge in [0.1, 0.15) is 5.82 Å². The third-order valence-corrected chi connectivity index (χ3v) is 3.55. The molecule has 2 fully saturated rings. The Kier molecular flexibility index (Phi) is 2.21. The fourth-order valence-electron chi connectivity index (χ4n) is 2.54. The lowest BCUT2D eigenvalue weighted by molar-refractivity contribution is -0.000729. The van der Waals surface area contributed by atoms with Gasteiger partial charge in [-0.25, -0.2) is 4.98 Å². The van der Waals surface area contributed by atoms with E-state index in [4.69, 9.17) is 10.5 Å². The molecule has 0 bridgehead atoms. The Morgan fingerprint density at radius 1 is 1.31 bits per heavy atom. The summed E-state index contributed by atoms with van der Waals surface area (Å²) in [7, 11) is 0. The number of hydrogen-bond donors (Lipinski definition) is 1. The van der Waals surface area contributed by atoms with Crippen LogP contribution in [0.1, 0.15) is 12.8 Å². The third kappa shape index (κ3) is 1.61. The van der Waals surface area contributed by atoms with E-state index < -0.39 is 0 Å². The molecule has 2 aliphatic heterocycles. The lowest BCUT2D eigenvalue weighted by atomic mass is 9.73. The molecule has 5 heteroatoms. The molecule has 2 saturated heterocycles. The molecule has 0 aliphatic carbocycles.